The van der Waals surface area contributed by atoms with Gasteiger partial charge in [0.25, 0.3) is 0 Å². The summed E-state index contributed by atoms with van der Waals surface area (Å²) in [5.41, 5.74) is 0.398. The van der Waals surface area contributed by atoms with Gasteiger partial charge in [0.1, 0.15) is 11.3 Å². The molecular formula is C20H28INO5Si. The molecule has 2 aromatic rings. The van der Waals surface area contributed by atoms with Gasteiger partial charge in [-0.05, 0) is 54.2 Å². The second-order valence-electron chi connectivity index (χ2n) is 8.01. The maximum Gasteiger partial charge on any atom is 0.343 e. The van der Waals surface area contributed by atoms with Crippen LogP contribution in [0.3, 0.4) is 0 Å². The molecule has 1 aromatic heterocycles. The number of hydrogen-bond acceptors (Lipinski definition) is 5. The Kier molecular flexibility index (Phi) is 7.32. The van der Waals surface area contributed by atoms with E-state index in [2.05, 4.69) is 56.1 Å². The van der Waals surface area contributed by atoms with Crippen LogP contribution in [0.5, 0.6) is 5.75 Å². The Morgan fingerprint density at radius 3 is 2.36 bits per heavy atom. The fraction of sp³-hybridized carbons (Fsp3) is 0.500. The Labute approximate surface area is 180 Å². The first-order valence-electron chi connectivity index (χ1n) is 9.14. The summed E-state index contributed by atoms with van der Waals surface area (Å²) in [4.78, 5) is 25.2. The highest BCUT2D eigenvalue weighted by atomic mass is 127. The molecule has 0 fully saturated rings. The van der Waals surface area contributed by atoms with Crippen LogP contribution in [0.1, 0.15) is 30.2 Å². The molecule has 0 aliphatic heterocycles. The van der Waals surface area contributed by atoms with Gasteiger partial charge < -0.3 is 18.5 Å². The molecule has 1 heterocycles. The predicted molar refractivity (Wildman–Crippen MR) is 122 cm³/mol. The summed E-state index contributed by atoms with van der Waals surface area (Å²) in [6.45, 7) is 11.1. The lowest BCUT2D eigenvalue weighted by Crippen LogP contribution is -2.32. The Balaban J connectivity index is 2.81. The van der Waals surface area contributed by atoms with Gasteiger partial charge in [-0.1, -0.05) is 13.8 Å². The van der Waals surface area contributed by atoms with E-state index in [1.54, 1.807) is 19.4 Å². The Morgan fingerprint density at radius 1 is 1.21 bits per heavy atom. The van der Waals surface area contributed by atoms with Crippen LogP contribution < -0.4 is 10.2 Å². The number of nitrogens with zero attached hydrogens (tertiary/aromatic N) is 1. The zero-order chi connectivity index (χ0) is 21.2. The summed E-state index contributed by atoms with van der Waals surface area (Å²) < 4.78 is 19.3. The Bertz CT molecular complexity index is 933. The molecule has 154 valence electrons. The van der Waals surface area contributed by atoms with E-state index >= 15 is 0 Å². The summed E-state index contributed by atoms with van der Waals surface area (Å²) >= 11 is 2.12. The SMILES string of the molecule is COC(=O)c1cn([C@H](CO[Si](C)(C)C)C(C)C)c2cc(OC)c(I)cc2c1=O. The van der Waals surface area contributed by atoms with Gasteiger partial charge in [0, 0.05) is 17.6 Å². The first kappa shape index (κ1) is 22.9. The van der Waals surface area contributed by atoms with Gasteiger partial charge in [0.2, 0.25) is 5.43 Å². The van der Waals surface area contributed by atoms with Crippen molar-refractivity contribution in [2.24, 2.45) is 5.92 Å². The van der Waals surface area contributed by atoms with Crippen LogP contribution in [0, 0.1) is 9.49 Å². The van der Waals surface area contributed by atoms with Crippen LogP contribution in [0.2, 0.25) is 19.6 Å². The minimum Gasteiger partial charge on any atom is -0.496 e. The number of esters is 1. The van der Waals surface area contributed by atoms with E-state index in [4.69, 9.17) is 13.9 Å². The van der Waals surface area contributed by atoms with Crippen molar-refractivity contribution in [1.29, 1.82) is 0 Å². The van der Waals surface area contributed by atoms with Crippen molar-refractivity contribution in [1.82, 2.24) is 4.57 Å². The highest BCUT2D eigenvalue weighted by Crippen LogP contribution is 2.30. The predicted octanol–water partition coefficient (Wildman–Crippen LogP) is 4.45. The number of halogens is 1. The first-order chi connectivity index (χ1) is 13.0. The smallest absolute Gasteiger partial charge is 0.343 e. The monoisotopic (exact) mass is 517 g/mol. The van der Waals surface area contributed by atoms with Crippen molar-refractivity contribution in [2.75, 3.05) is 20.8 Å². The molecule has 0 saturated heterocycles. The number of ether oxygens (including phenoxy) is 2. The van der Waals surface area contributed by atoms with E-state index in [1.165, 1.54) is 7.11 Å². The lowest BCUT2D eigenvalue weighted by atomic mass is 10.0. The van der Waals surface area contributed by atoms with Gasteiger partial charge in [-0.25, -0.2) is 4.79 Å². The molecule has 6 nitrogen and oxygen atoms in total. The third-order valence-corrected chi connectivity index (χ3v) is 6.40. The molecule has 2 rings (SSSR count). The van der Waals surface area contributed by atoms with Crippen molar-refractivity contribution < 1.29 is 18.7 Å². The summed E-state index contributed by atoms with van der Waals surface area (Å²) in [6, 6.07) is 3.56. The van der Waals surface area contributed by atoms with E-state index in [0.29, 0.717) is 23.3 Å². The second-order valence-corrected chi connectivity index (χ2v) is 13.7. The summed E-state index contributed by atoms with van der Waals surface area (Å²) in [7, 11) is 1.14. The van der Waals surface area contributed by atoms with E-state index in [0.717, 1.165) is 3.57 Å². The molecule has 0 amide bonds. The lowest BCUT2D eigenvalue weighted by Gasteiger charge is -2.29. The number of carbonyl (C=O) groups excluding carboxylic acids is 1. The van der Waals surface area contributed by atoms with Crippen molar-refractivity contribution in [3.8, 4) is 5.75 Å². The third-order valence-electron chi connectivity index (χ3n) is 4.52. The maximum atomic E-state index is 13.0. The quantitative estimate of drug-likeness (QED) is 0.309. The van der Waals surface area contributed by atoms with Crippen molar-refractivity contribution in [3.05, 3.63) is 37.7 Å². The van der Waals surface area contributed by atoms with Gasteiger partial charge in [-0.2, -0.15) is 0 Å². The highest BCUT2D eigenvalue weighted by molar-refractivity contribution is 14.1. The minimum absolute atomic E-state index is 0.0228. The van der Waals surface area contributed by atoms with Crippen LogP contribution in [0.4, 0.5) is 0 Å². The largest absolute Gasteiger partial charge is 0.496 e. The standard InChI is InChI=1S/C20H28INO5Si/c1-12(2)17(11-27-28(5,6)7)22-10-14(20(24)26-4)19(23)13-8-15(21)18(25-3)9-16(13)22/h8-10,12,17H,11H2,1-7H3/t17-/m1/s1. The molecule has 0 bridgehead atoms. The van der Waals surface area contributed by atoms with Gasteiger partial charge in [-0.3, -0.25) is 4.79 Å². The zero-order valence-corrected chi connectivity index (χ0v) is 20.6. The first-order valence-corrected chi connectivity index (χ1v) is 13.6. The van der Waals surface area contributed by atoms with Crippen molar-refractivity contribution in [2.45, 2.75) is 39.5 Å². The van der Waals surface area contributed by atoms with Crippen LogP contribution in [0.25, 0.3) is 10.9 Å². The maximum absolute atomic E-state index is 13.0. The van der Waals surface area contributed by atoms with Crippen LogP contribution in [-0.2, 0) is 9.16 Å². The molecule has 0 aliphatic rings. The second kappa shape index (κ2) is 8.96. The van der Waals surface area contributed by atoms with Crippen LogP contribution in [-0.4, -0.2) is 39.7 Å². The molecule has 28 heavy (non-hydrogen) atoms. The topological polar surface area (TPSA) is 66.8 Å². The van der Waals surface area contributed by atoms with E-state index in [-0.39, 0.29) is 23.0 Å². The average Bonchev–Trinajstić information content (AvgIpc) is 2.61. The van der Waals surface area contributed by atoms with Crippen LogP contribution in [0.15, 0.2) is 23.1 Å². The lowest BCUT2D eigenvalue weighted by molar-refractivity contribution is 0.0598. The average molecular weight is 517 g/mol. The van der Waals surface area contributed by atoms with Gasteiger partial charge in [0.15, 0.2) is 8.32 Å². The molecular weight excluding hydrogens is 489 g/mol. The minimum atomic E-state index is -1.74. The molecule has 0 aliphatic carbocycles. The van der Waals surface area contributed by atoms with Gasteiger partial charge in [0.05, 0.1) is 36.0 Å². The summed E-state index contributed by atoms with van der Waals surface area (Å²) in [5, 5.41) is 0.465. The van der Waals surface area contributed by atoms with Crippen molar-refractivity contribution >= 4 is 47.8 Å². The molecule has 0 unspecified atom stereocenters. The molecule has 8 heteroatoms. The Morgan fingerprint density at radius 2 is 1.86 bits per heavy atom. The molecule has 0 radical (unpaired) electrons. The number of methoxy groups -OCH3 is 2. The zero-order valence-electron chi connectivity index (χ0n) is 17.5. The highest BCUT2D eigenvalue weighted by Gasteiger charge is 2.25. The number of carbonyl (C=O) groups is 1. The van der Waals surface area contributed by atoms with Gasteiger partial charge >= 0.3 is 5.97 Å². The fourth-order valence-electron chi connectivity index (χ4n) is 2.97. The number of fused-ring (bicyclic) bond motifs is 1. The van der Waals surface area contributed by atoms with E-state index < -0.39 is 14.3 Å². The number of hydrogen-bond donors (Lipinski definition) is 0. The normalized spacial score (nSPS) is 13.0. The summed E-state index contributed by atoms with van der Waals surface area (Å²) in [6.07, 6.45) is 1.60. The van der Waals surface area contributed by atoms with E-state index in [9.17, 15) is 9.59 Å². The number of benzene rings is 1. The molecule has 0 saturated carbocycles. The molecule has 0 N–H and O–H groups in total. The van der Waals surface area contributed by atoms with E-state index in [1.807, 2.05) is 10.6 Å². The third kappa shape index (κ3) is 4.96. The summed E-state index contributed by atoms with van der Waals surface area (Å²) in [5.74, 6) is 0.263. The van der Waals surface area contributed by atoms with Crippen molar-refractivity contribution in [3.63, 3.8) is 0 Å². The number of pyridine rings is 1. The fourth-order valence-corrected chi connectivity index (χ4v) is 4.32. The Hall–Kier alpha value is -1.39. The number of aromatic nitrogens is 1. The molecule has 1 aromatic carbocycles. The number of rotatable bonds is 7. The molecule has 0 spiro atoms. The molecule has 1 atom stereocenters. The van der Waals surface area contributed by atoms with Crippen LogP contribution >= 0.6 is 22.6 Å². The van der Waals surface area contributed by atoms with Gasteiger partial charge in [-0.15, -0.1) is 0 Å².